The monoisotopic (exact) mass is 281 g/mol. The van der Waals surface area contributed by atoms with E-state index in [4.69, 9.17) is 4.74 Å². The standard InChI is InChI=1S/C16H27NO3/c1-4-20-16(19)10-11-17(15(18)12-13(2)3)14-8-6-5-7-9-14/h12,14H,4-11H2,1-3H3. The van der Waals surface area contributed by atoms with Crippen molar-refractivity contribution in [1.29, 1.82) is 0 Å². The fraction of sp³-hybridized carbons (Fsp3) is 0.750. The molecule has 1 saturated carbocycles. The van der Waals surface area contributed by atoms with Crippen LogP contribution in [0.25, 0.3) is 0 Å². The van der Waals surface area contributed by atoms with Crippen LogP contribution in [-0.4, -0.2) is 36.0 Å². The lowest BCUT2D eigenvalue weighted by Crippen LogP contribution is -2.42. The Morgan fingerprint density at radius 1 is 1.20 bits per heavy atom. The molecule has 1 aliphatic rings. The molecule has 0 radical (unpaired) electrons. The van der Waals surface area contributed by atoms with Gasteiger partial charge in [0, 0.05) is 18.7 Å². The average molecular weight is 281 g/mol. The van der Waals surface area contributed by atoms with E-state index < -0.39 is 0 Å². The first-order valence-electron chi connectivity index (χ1n) is 7.65. The first-order valence-corrected chi connectivity index (χ1v) is 7.65. The molecular weight excluding hydrogens is 254 g/mol. The van der Waals surface area contributed by atoms with Gasteiger partial charge in [0.25, 0.3) is 0 Å². The largest absolute Gasteiger partial charge is 0.466 e. The molecule has 0 atom stereocenters. The van der Waals surface area contributed by atoms with Crippen molar-refractivity contribution in [2.45, 2.75) is 65.3 Å². The molecule has 4 nitrogen and oxygen atoms in total. The molecule has 0 N–H and O–H groups in total. The Labute approximate surface area is 122 Å². The minimum absolute atomic E-state index is 0.0289. The summed E-state index contributed by atoms with van der Waals surface area (Å²) in [5, 5.41) is 0. The van der Waals surface area contributed by atoms with Crippen LogP contribution in [-0.2, 0) is 14.3 Å². The highest BCUT2D eigenvalue weighted by atomic mass is 16.5. The first kappa shape index (κ1) is 16.7. The summed E-state index contributed by atoms with van der Waals surface area (Å²) < 4.78 is 4.95. The lowest BCUT2D eigenvalue weighted by Gasteiger charge is -2.33. The molecular formula is C16H27NO3. The zero-order chi connectivity index (χ0) is 15.0. The average Bonchev–Trinajstić information content (AvgIpc) is 2.39. The summed E-state index contributed by atoms with van der Waals surface area (Å²) >= 11 is 0. The molecule has 4 heteroatoms. The number of nitrogens with zero attached hydrogens (tertiary/aromatic N) is 1. The Balaban J connectivity index is 2.65. The van der Waals surface area contributed by atoms with Gasteiger partial charge in [0.15, 0.2) is 0 Å². The van der Waals surface area contributed by atoms with Crippen LogP contribution in [0.2, 0.25) is 0 Å². The number of allylic oxidation sites excluding steroid dienone is 1. The molecule has 0 bridgehead atoms. The number of carbonyl (C=O) groups is 2. The van der Waals surface area contributed by atoms with Gasteiger partial charge in [-0.1, -0.05) is 24.8 Å². The van der Waals surface area contributed by atoms with E-state index >= 15 is 0 Å². The Kier molecular flexibility index (Phi) is 7.34. The highest BCUT2D eigenvalue weighted by Crippen LogP contribution is 2.23. The lowest BCUT2D eigenvalue weighted by molar-refractivity contribution is -0.144. The summed E-state index contributed by atoms with van der Waals surface area (Å²) in [7, 11) is 0. The van der Waals surface area contributed by atoms with Crippen LogP contribution >= 0.6 is 0 Å². The normalized spacial score (nSPS) is 15.6. The number of rotatable bonds is 6. The quantitative estimate of drug-likeness (QED) is 0.555. The highest BCUT2D eigenvalue weighted by Gasteiger charge is 2.24. The summed E-state index contributed by atoms with van der Waals surface area (Å²) in [6.07, 6.45) is 7.63. The summed E-state index contributed by atoms with van der Waals surface area (Å²) in [5.74, 6) is -0.195. The zero-order valence-corrected chi connectivity index (χ0v) is 13.0. The van der Waals surface area contributed by atoms with Crippen LogP contribution in [0.15, 0.2) is 11.6 Å². The molecule has 0 heterocycles. The van der Waals surface area contributed by atoms with Gasteiger partial charge in [0.2, 0.25) is 5.91 Å². The molecule has 0 aliphatic heterocycles. The van der Waals surface area contributed by atoms with Crippen molar-refractivity contribution in [3.63, 3.8) is 0 Å². The SMILES string of the molecule is CCOC(=O)CCN(C(=O)C=C(C)C)C1CCCCC1. The summed E-state index contributed by atoms with van der Waals surface area (Å²) in [4.78, 5) is 25.7. The summed E-state index contributed by atoms with van der Waals surface area (Å²) in [6, 6.07) is 0.279. The lowest BCUT2D eigenvalue weighted by atomic mass is 9.94. The third-order valence-corrected chi connectivity index (χ3v) is 3.57. The van der Waals surface area contributed by atoms with E-state index in [1.54, 1.807) is 13.0 Å². The van der Waals surface area contributed by atoms with E-state index in [2.05, 4.69) is 0 Å². The predicted molar refractivity (Wildman–Crippen MR) is 79.3 cm³/mol. The number of hydrogen-bond donors (Lipinski definition) is 0. The van der Waals surface area contributed by atoms with Crippen LogP contribution in [0.1, 0.15) is 59.3 Å². The fourth-order valence-corrected chi connectivity index (χ4v) is 2.64. The third kappa shape index (κ3) is 5.76. The second kappa shape index (κ2) is 8.77. The topological polar surface area (TPSA) is 46.6 Å². The van der Waals surface area contributed by atoms with E-state index in [9.17, 15) is 9.59 Å². The minimum atomic E-state index is -0.224. The van der Waals surface area contributed by atoms with Crippen LogP contribution in [0, 0.1) is 0 Å². The van der Waals surface area contributed by atoms with E-state index in [-0.39, 0.29) is 24.3 Å². The molecule has 0 unspecified atom stereocenters. The predicted octanol–water partition coefficient (Wildman–Crippen LogP) is 3.07. The van der Waals surface area contributed by atoms with Gasteiger partial charge >= 0.3 is 5.97 Å². The van der Waals surface area contributed by atoms with Gasteiger partial charge in [-0.25, -0.2) is 0 Å². The van der Waals surface area contributed by atoms with Crippen molar-refractivity contribution in [2.24, 2.45) is 0 Å². The van der Waals surface area contributed by atoms with Crippen LogP contribution < -0.4 is 0 Å². The first-order chi connectivity index (χ1) is 9.54. The molecule has 1 aliphatic carbocycles. The molecule has 1 fully saturated rings. The number of esters is 1. The van der Waals surface area contributed by atoms with E-state index in [0.717, 1.165) is 18.4 Å². The molecule has 1 amide bonds. The third-order valence-electron chi connectivity index (χ3n) is 3.57. The minimum Gasteiger partial charge on any atom is -0.466 e. The molecule has 0 spiro atoms. The van der Waals surface area contributed by atoms with Crippen LogP contribution in [0.5, 0.6) is 0 Å². The van der Waals surface area contributed by atoms with E-state index in [0.29, 0.717) is 13.2 Å². The van der Waals surface area contributed by atoms with Gasteiger partial charge in [-0.15, -0.1) is 0 Å². The van der Waals surface area contributed by atoms with Crippen LogP contribution in [0.4, 0.5) is 0 Å². The van der Waals surface area contributed by atoms with E-state index in [1.165, 1.54) is 19.3 Å². The Morgan fingerprint density at radius 2 is 1.85 bits per heavy atom. The number of carbonyl (C=O) groups excluding carboxylic acids is 2. The van der Waals surface area contributed by atoms with Crippen molar-refractivity contribution in [3.05, 3.63) is 11.6 Å². The Bertz CT molecular complexity index is 353. The zero-order valence-electron chi connectivity index (χ0n) is 13.0. The number of ether oxygens (including phenoxy) is 1. The van der Waals surface area contributed by atoms with Crippen molar-refractivity contribution in [3.8, 4) is 0 Å². The van der Waals surface area contributed by atoms with Gasteiger partial charge < -0.3 is 9.64 Å². The molecule has 0 aromatic heterocycles. The molecule has 1 rings (SSSR count). The van der Waals surface area contributed by atoms with E-state index in [1.807, 2.05) is 18.7 Å². The number of hydrogen-bond acceptors (Lipinski definition) is 3. The van der Waals surface area contributed by atoms with Gasteiger partial charge in [-0.05, 0) is 33.6 Å². The van der Waals surface area contributed by atoms with Crippen LogP contribution in [0.3, 0.4) is 0 Å². The van der Waals surface area contributed by atoms with Crippen molar-refractivity contribution in [2.75, 3.05) is 13.2 Å². The van der Waals surface area contributed by atoms with Crippen molar-refractivity contribution in [1.82, 2.24) is 4.90 Å². The maximum Gasteiger partial charge on any atom is 0.307 e. The van der Waals surface area contributed by atoms with Gasteiger partial charge in [-0.2, -0.15) is 0 Å². The Hall–Kier alpha value is -1.32. The Morgan fingerprint density at radius 3 is 2.40 bits per heavy atom. The molecule has 0 aromatic rings. The number of amides is 1. The molecule has 0 aromatic carbocycles. The van der Waals surface area contributed by atoms with Gasteiger partial charge in [0.1, 0.15) is 0 Å². The molecule has 114 valence electrons. The molecule has 20 heavy (non-hydrogen) atoms. The van der Waals surface area contributed by atoms with Gasteiger partial charge in [-0.3, -0.25) is 9.59 Å². The van der Waals surface area contributed by atoms with Crippen molar-refractivity contribution >= 4 is 11.9 Å². The summed E-state index contributed by atoms with van der Waals surface area (Å²) in [5.41, 5.74) is 0.993. The van der Waals surface area contributed by atoms with Crippen molar-refractivity contribution < 1.29 is 14.3 Å². The maximum atomic E-state index is 12.3. The maximum absolute atomic E-state index is 12.3. The molecule has 0 saturated heterocycles. The summed E-state index contributed by atoms with van der Waals surface area (Å²) in [6.45, 7) is 6.49. The fourth-order valence-electron chi connectivity index (χ4n) is 2.64. The van der Waals surface area contributed by atoms with Gasteiger partial charge in [0.05, 0.1) is 13.0 Å². The highest BCUT2D eigenvalue weighted by molar-refractivity contribution is 5.88. The second-order valence-electron chi connectivity index (χ2n) is 5.60. The smallest absolute Gasteiger partial charge is 0.307 e. The second-order valence-corrected chi connectivity index (χ2v) is 5.60.